The molecular formula is C15H19N2W-. The topological polar surface area (TPSA) is 27.8 Å². The van der Waals surface area contributed by atoms with Gasteiger partial charge in [-0.15, -0.1) is 0 Å². The van der Waals surface area contributed by atoms with E-state index in [1.165, 1.54) is 22.9 Å². The van der Waals surface area contributed by atoms with Gasteiger partial charge in [-0.2, -0.15) is 24.6 Å². The third kappa shape index (κ3) is 2.65. The summed E-state index contributed by atoms with van der Waals surface area (Å²) < 4.78 is 0. The summed E-state index contributed by atoms with van der Waals surface area (Å²) >= 11 is 0. The number of aromatic amines is 1. The molecule has 3 rings (SSSR count). The average molecular weight is 411 g/mol. The molecule has 0 bridgehead atoms. The van der Waals surface area contributed by atoms with Gasteiger partial charge in [0.2, 0.25) is 0 Å². The summed E-state index contributed by atoms with van der Waals surface area (Å²) in [5.74, 6) is 0.814. The maximum atomic E-state index is 4.01. The number of rotatable bonds is 2. The summed E-state index contributed by atoms with van der Waals surface area (Å²) in [5, 5.41) is 4.93. The molecule has 0 aliphatic carbocycles. The normalized spacial score (nSPS) is 23.2. The summed E-state index contributed by atoms with van der Waals surface area (Å²) in [5.41, 5.74) is 3.72. The minimum Gasteiger partial charge on any atom is -0.363 e. The zero-order valence-corrected chi connectivity index (χ0v) is 13.6. The Kier molecular flexibility index (Phi) is 4.19. The number of hydrogen-bond donors (Lipinski definition) is 2. The van der Waals surface area contributed by atoms with Crippen LogP contribution < -0.4 is 5.32 Å². The molecule has 2 N–H and O–H groups in total. The van der Waals surface area contributed by atoms with E-state index in [4.69, 9.17) is 0 Å². The van der Waals surface area contributed by atoms with Crippen molar-refractivity contribution in [1.29, 1.82) is 0 Å². The van der Waals surface area contributed by atoms with Gasteiger partial charge in [0, 0.05) is 38.8 Å². The first-order chi connectivity index (χ1) is 8.22. The fraction of sp³-hybridized carbons (Fsp3) is 0.400. The fourth-order valence-corrected chi connectivity index (χ4v) is 2.84. The molecule has 0 amide bonds. The van der Waals surface area contributed by atoms with Crippen LogP contribution in [0.15, 0.2) is 24.4 Å². The SMILES string of the molecule is [CH2-]c1ccc2[nH]cc(CC3CC(C)CN3)c2c1.[W]. The molecule has 0 saturated carbocycles. The summed E-state index contributed by atoms with van der Waals surface area (Å²) in [6.07, 6.45) is 4.55. The van der Waals surface area contributed by atoms with Gasteiger partial charge in [0.25, 0.3) is 0 Å². The third-order valence-electron chi connectivity index (χ3n) is 3.74. The van der Waals surface area contributed by atoms with Crippen molar-refractivity contribution in [1.82, 2.24) is 10.3 Å². The Morgan fingerprint density at radius 3 is 2.94 bits per heavy atom. The molecule has 2 nitrogen and oxygen atoms in total. The van der Waals surface area contributed by atoms with Crippen LogP contribution in [0.5, 0.6) is 0 Å². The Bertz CT molecular complexity index is 532. The smallest absolute Gasteiger partial charge is 0.0210 e. The van der Waals surface area contributed by atoms with Crippen LogP contribution in [0.1, 0.15) is 24.5 Å². The Labute approximate surface area is 123 Å². The molecular weight excluding hydrogens is 392 g/mol. The molecule has 1 aliphatic rings. The Morgan fingerprint density at radius 2 is 2.22 bits per heavy atom. The first-order valence-electron chi connectivity index (χ1n) is 6.38. The molecule has 1 aliphatic heterocycles. The van der Waals surface area contributed by atoms with Crippen molar-refractivity contribution in [3.05, 3.63) is 42.4 Å². The summed E-state index contributed by atoms with van der Waals surface area (Å²) in [6, 6.07) is 6.99. The molecule has 2 aromatic rings. The van der Waals surface area contributed by atoms with Crippen LogP contribution >= 0.6 is 0 Å². The second-order valence-corrected chi connectivity index (χ2v) is 5.34. The first kappa shape index (κ1) is 13.7. The van der Waals surface area contributed by atoms with E-state index in [1.807, 2.05) is 0 Å². The van der Waals surface area contributed by atoms with Crippen molar-refractivity contribution >= 4 is 10.9 Å². The van der Waals surface area contributed by atoms with Gasteiger partial charge in [0.1, 0.15) is 0 Å². The molecule has 1 saturated heterocycles. The molecule has 2 atom stereocenters. The van der Waals surface area contributed by atoms with Gasteiger partial charge < -0.3 is 10.3 Å². The maximum absolute atomic E-state index is 4.01. The number of benzene rings is 1. The average Bonchev–Trinajstić information content (AvgIpc) is 2.87. The molecule has 1 fully saturated rings. The molecule has 18 heavy (non-hydrogen) atoms. The van der Waals surface area contributed by atoms with Crippen LogP contribution in [0.3, 0.4) is 0 Å². The van der Waals surface area contributed by atoms with Gasteiger partial charge in [-0.25, -0.2) is 0 Å². The Balaban J connectivity index is 0.00000120. The van der Waals surface area contributed by atoms with Crippen molar-refractivity contribution in [2.45, 2.75) is 25.8 Å². The van der Waals surface area contributed by atoms with Crippen LogP contribution in [0.25, 0.3) is 10.9 Å². The Morgan fingerprint density at radius 1 is 1.39 bits per heavy atom. The van der Waals surface area contributed by atoms with Crippen LogP contribution in [0, 0.1) is 12.8 Å². The van der Waals surface area contributed by atoms with Crippen molar-refractivity contribution in [2.24, 2.45) is 5.92 Å². The second kappa shape index (κ2) is 5.50. The van der Waals surface area contributed by atoms with E-state index < -0.39 is 0 Å². The van der Waals surface area contributed by atoms with E-state index in [-0.39, 0.29) is 21.1 Å². The number of H-pyrrole nitrogens is 1. The van der Waals surface area contributed by atoms with Gasteiger partial charge in [0.15, 0.2) is 0 Å². The first-order valence-corrected chi connectivity index (χ1v) is 6.38. The summed E-state index contributed by atoms with van der Waals surface area (Å²) in [4.78, 5) is 3.34. The van der Waals surface area contributed by atoms with Crippen LogP contribution in [-0.2, 0) is 27.5 Å². The summed E-state index contributed by atoms with van der Waals surface area (Å²) in [6.45, 7) is 7.48. The van der Waals surface area contributed by atoms with Gasteiger partial charge in [0.05, 0.1) is 0 Å². The quantitative estimate of drug-likeness (QED) is 0.732. The predicted molar refractivity (Wildman–Crippen MR) is 72.0 cm³/mol. The standard InChI is InChI=1S/C15H19N2.W/c1-10-3-4-15-14(6-10)12(9-17-15)7-13-5-11(2)8-16-13;/h3-4,6,9,11,13,16-17H,1,5,7-8H2,2H3;/q-1;. The zero-order chi connectivity index (χ0) is 11.8. The van der Waals surface area contributed by atoms with Crippen LogP contribution in [0.2, 0.25) is 0 Å². The molecule has 96 valence electrons. The molecule has 1 aromatic carbocycles. The largest absolute Gasteiger partial charge is 0.363 e. The molecule has 2 heterocycles. The molecule has 1 aromatic heterocycles. The van der Waals surface area contributed by atoms with Crippen molar-refractivity contribution in [3.63, 3.8) is 0 Å². The maximum Gasteiger partial charge on any atom is 0.0210 e. The molecule has 0 radical (unpaired) electrons. The van der Waals surface area contributed by atoms with E-state index in [1.54, 1.807) is 0 Å². The third-order valence-corrected chi connectivity index (χ3v) is 3.74. The van der Waals surface area contributed by atoms with Crippen LogP contribution in [0.4, 0.5) is 0 Å². The van der Waals surface area contributed by atoms with Gasteiger partial charge >= 0.3 is 0 Å². The number of hydrogen-bond acceptors (Lipinski definition) is 1. The van der Waals surface area contributed by atoms with Gasteiger partial charge in [-0.1, -0.05) is 18.4 Å². The summed E-state index contributed by atoms with van der Waals surface area (Å²) in [7, 11) is 0. The van der Waals surface area contributed by atoms with E-state index in [9.17, 15) is 0 Å². The minimum absolute atomic E-state index is 0. The van der Waals surface area contributed by atoms with Gasteiger partial charge in [-0.3, -0.25) is 0 Å². The van der Waals surface area contributed by atoms with Crippen molar-refractivity contribution in [2.75, 3.05) is 6.54 Å². The number of aromatic nitrogens is 1. The number of nitrogens with one attached hydrogen (secondary N) is 2. The molecule has 0 spiro atoms. The molecule has 2 unspecified atom stereocenters. The molecule has 3 heteroatoms. The van der Waals surface area contributed by atoms with Crippen molar-refractivity contribution in [3.8, 4) is 0 Å². The van der Waals surface area contributed by atoms with E-state index in [0.717, 1.165) is 24.4 Å². The van der Waals surface area contributed by atoms with E-state index in [0.29, 0.717) is 6.04 Å². The Hall–Kier alpha value is -0.722. The second-order valence-electron chi connectivity index (χ2n) is 5.34. The monoisotopic (exact) mass is 411 g/mol. The fourth-order valence-electron chi connectivity index (χ4n) is 2.84. The predicted octanol–water partition coefficient (Wildman–Crippen LogP) is 2.89. The number of fused-ring (bicyclic) bond motifs is 1. The minimum atomic E-state index is 0. The van der Waals surface area contributed by atoms with E-state index >= 15 is 0 Å². The van der Waals surface area contributed by atoms with E-state index in [2.05, 4.69) is 48.5 Å². The van der Waals surface area contributed by atoms with Gasteiger partial charge in [-0.05, 0) is 30.9 Å². The van der Waals surface area contributed by atoms with Crippen molar-refractivity contribution < 1.29 is 21.1 Å². The zero-order valence-electron chi connectivity index (χ0n) is 10.7. The van der Waals surface area contributed by atoms with Crippen LogP contribution in [-0.4, -0.2) is 17.6 Å².